The van der Waals surface area contributed by atoms with E-state index in [1.165, 1.54) is 0 Å². The van der Waals surface area contributed by atoms with E-state index in [0.717, 1.165) is 17.1 Å². The fourth-order valence-corrected chi connectivity index (χ4v) is 2.63. The molecule has 0 atom stereocenters. The Labute approximate surface area is 146 Å². The van der Waals surface area contributed by atoms with Crippen LogP contribution in [0.4, 0.5) is 11.4 Å². The van der Waals surface area contributed by atoms with Crippen LogP contribution in [0.1, 0.15) is 41.5 Å². The first-order valence-electron chi connectivity index (χ1n) is 8.22. The highest BCUT2D eigenvalue weighted by Gasteiger charge is 2.19. The van der Waals surface area contributed by atoms with Crippen molar-refractivity contribution in [1.29, 1.82) is 0 Å². The lowest BCUT2D eigenvalue weighted by atomic mass is 10.0. The van der Waals surface area contributed by atoms with Crippen molar-refractivity contribution in [3.8, 4) is 0 Å². The molecule has 2 heterocycles. The van der Waals surface area contributed by atoms with E-state index < -0.39 is 0 Å². The fourth-order valence-electron chi connectivity index (χ4n) is 2.63. The van der Waals surface area contributed by atoms with Crippen LogP contribution in [0, 0.1) is 6.92 Å². The van der Waals surface area contributed by atoms with Crippen molar-refractivity contribution in [3.63, 3.8) is 0 Å². The molecule has 1 N–H and O–H groups in total. The molecule has 25 heavy (non-hydrogen) atoms. The number of carbonyl (C=O) groups is 1. The summed E-state index contributed by atoms with van der Waals surface area (Å²) in [5.41, 5.74) is 4.20. The molecular formula is C19H22N4O2. The van der Waals surface area contributed by atoms with Crippen molar-refractivity contribution < 1.29 is 9.32 Å². The lowest BCUT2D eigenvalue weighted by molar-refractivity contribution is 0.102. The van der Waals surface area contributed by atoms with Gasteiger partial charge in [-0.15, -0.1) is 0 Å². The third-order valence-corrected chi connectivity index (χ3v) is 4.11. The van der Waals surface area contributed by atoms with Gasteiger partial charge in [-0.3, -0.25) is 4.79 Å². The number of fused-ring (bicyclic) bond motifs is 1. The van der Waals surface area contributed by atoms with Crippen molar-refractivity contribution in [3.05, 3.63) is 47.3 Å². The van der Waals surface area contributed by atoms with Gasteiger partial charge in [-0.1, -0.05) is 19.0 Å². The van der Waals surface area contributed by atoms with E-state index in [1.54, 1.807) is 0 Å². The molecule has 6 nitrogen and oxygen atoms in total. The van der Waals surface area contributed by atoms with Crippen molar-refractivity contribution in [1.82, 2.24) is 10.1 Å². The van der Waals surface area contributed by atoms with Gasteiger partial charge < -0.3 is 14.7 Å². The molecule has 130 valence electrons. The second-order valence-corrected chi connectivity index (χ2v) is 6.59. The first-order valence-corrected chi connectivity index (χ1v) is 8.22. The Morgan fingerprint density at radius 1 is 1.20 bits per heavy atom. The van der Waals surface area contributed by atoms with Crippen LogP contribution >= 0.6 is 0 Å². The lowest BCUT2D eigenvalue weighted by Gasteiger charge is -2.13. The van der Waals surface area contributed by atoms with Crippen LogP contribution in [0.5, 0.6) is 0 Å². The molecule has 0 spiro atoms. The van der Waals surface area contributed by atoms with Crippen molar-refractivity contribution in [2.75, 3.05) is 24.3 Å². The number of nitrogens with zero attached hydrogens (tertiary/aromatic N) is 3. The molecule has 1 amide bonds. The molecule has 0 saturated carbocycles. The van der Waals surface area contributed by atoms with Gasteiger partial charge in [0.25, 0.3) is 11.6 Å². The number of benzene rings is 1. The average molecular weight is 338 g/mol. The Balaban J connectivity index is 1.97. The molecule has 1 aromatic carbocycles. The third kappa shape index (κ3) is 3.33. The van der Waals surface area contributed by atoms with E-state index in [-0.39, 0.29) is 11.8 Å². The maximum absolute atomic E-state index is 12.9. The number of nitrogens with one attached hydrogen (secondary N) is 1. The minimum Gasteiger partial charge on any atom is -0.378 e. The van der Waals surface area contributed by atoms with Crippen LogP contribution < -0.4 is 10.2 Å². The number of aromatic nitrogens is 2. The minimum absolute atomic E-state index is 0.181. The second kappa shape index (κ2) is 6.55. The van der Waals surface area contributed by atoms with Crippen molar-refractivity contribution in [2.45, 2.75) is 26.7 Å². The smallest absolute Gasteiger partial charge is 0.259 e. The van der Waals surface area contributed by atoms with Gasteiger partial charge in [0.15, 0.2) is 0 Å². The van der Waals surface area contributed by atoms with E-state index in [4.69, 9.17) is 4.52 Å². The standard InChI is InChI=1S/C19H22N4O2/c1-11(2)16-10-15(17-12(3)22-25-19(17)21-16)18(24)20-13-6-8-14(9-7-13)23(4)5/h6-11H,1-5H3,(H,20,24). The number of anilines is 2. The first-order chi connectivity index (χ1) is 11.9. The molecule has 0 unspecified atom stereocenters. The number of pyridine rings is 1. The van der Waals surface area contributed by atoms with Gasteiger partial charge in [-0.25, -0.2) is 4.98 Å². The number of rotatable bonds is 4. The molecule has 0 fully saturated rings. The van der Waals surface area contributed by atoms with Gasteiger partial charge in [-0.05, 0) is 43.2 Å². The Morgan fingerprint density at radius 3 is 2.48 bits per heavy atom. The predicted octanol–water partition coefficient (Wildman–Crippen LogP) is 3.97. The molecule has 3 rings (SSSR count). The van der Waals surface area contributed by atoms with E-state index in [0.29, 0.717) is 22.4 Å². The number of hydrogen-bond acceptors (Lipinski definition) is 5. The highest BCUT2D eigenvalue weighted by Crippen LogP contribution is 2.26. The normalized spacial score (nSPS) is 11.1. The summed E-state index contributed by atoms with van der Waals surface area (Å²) in [6.07, 6.45) is 0. The molecule has 0 bridgehead atoms. The zero-order valence-corrected chi connectivity index (χ0v) is 15.1. The largest absolute Gasteiger partial charge is 0.378 e. The van der Waals surface area contributed by atoms with E-state index in [1.807, 2.05) is 70.1 Å². The summed E-state index contributed by atoms with van der Waals surface area (Å²) in [5, 5.41) is 7.56. The predicted molar refractivity (Wildman–Crippen MR) is 99.4 cm³/mol. The van der Waals surface area contributed by atoms with Gasteiger partial charge >= 0.3 is 0 Å². The zero-order valence-electron chi connectivity index (χ0n) is 15.1. The molecule has 2 aromatic heterocycles. The lowest BCUT2D eigenvalue weighted by Crippen LogP contribution is -2.14. The van der Waals surface area contributed by atoms with Gasteiger partial charge in [0.1, 0.15) is 0 Å². The summed E-state index contributed by atoms with van der Waals surface area (Å²) in [6, 6.07) is 9.51. The molecule has 0 aliphatic rings. The van der Waals surface area contributed by atoms with E-state index in [2.05, 4.69) is 15.5 Å². The summed E-state index contributed by atoms with van der Waals surface area (Å²) >= 11 is 0. The summed E-state index contributed by atoms with van der Waals surface area (Å²) < 4.78 is 5.28. The number of aryl methyl sites for hydroxylation is 1. The third-order valence-electron chi connectivity index (χ3n) is 4.11. The number of carbonyl (C=O) groups excluding carboxylic acids is 1. The monoisotopic (exact) mass is 338 g/mol. The molecule has 0 radical (unpaired) electrons. The van der Waals surface area contributed by atoms with Gasteiger partial charge in [0.2, 0.25) is 0 Å². The van der Waals surface area contributed by atoms with Crippen LogP contribution in [0.3, 0.4) is 0 Å². The maximum Gasteiger partial charge on any atom is 0.259 e. The van der Waals surface area contributed by atoms with Crippen LogP contribution in [-0.4, -0.2) is 30.1 Å². The Morgan fingerprint density at radius 2 is 1.88 bits per heavy atom. The SMILES string of the molecule is Cc1noc2nc(C(C)C)cc(C(=O)Nc3ccc(N(C)C)cc3)c12. The van der Waals surface area contributed by atoms with E-state index in [9.17, 15) is 4.79 Å². The van der Waals surface area contributed by atoms with Crippen LogP contribution in [0.15, 0.2) is 34.9 Å². The number of amides is 1. The van der Waals surface area contributed by atoms with Crippen molar-refractivity contribution in [2.24, 2.45) is 0 Å². The Kier molecular flexibility index (Phi) is 4.44. The van der Waals surface area contributed by atoms with E-state index >= 15 is 0 Å². The topological polar surface area (TPSA) is 71.3 Å². The first kappa shape index (κ1) is 17.0. The molecule has 0 aliphatic carbocycles. The number of hydrogen-bond donors (Lipinski definition) is 1. The summed E-state index contributed by atoms with van der Waals surface area (Å²) in [5.74, 6) is -0.0149. The molecule has 6 heteroatoms. The zero-order chi connectivity index (χ0) is 18.1. The molecule has 0 aliphatic heterocycles. The molecule has 0 saturated heterocycles. The van der Waals surface area contributed by atoms with Crippen LogP contribution in [-0.2, 0) is 0 Å². The second-order valence-electron chi connectivity index (χ2n) is 6.59. The quantitative estimate of drug-likeness (QED) is 0.779. The van der Waals surface area contributed by atoms with Gasteiger partial charge in [-0.2, -0.15) is 0 Å². The minimum atomic E-state index is -0.196. The highest BCUT2D eigenvalue weighted by atomic mass is 16.5. The fraction of sp³-hybridized carbons (Fsp3) is 0.316. The van der Waals surface area contributed by atoms with Crippen LogP contribution in [0.25, 0.3) is 11.1 Å². The Hall–Kier alpha value is -2.89. The molecular weight excluding hydrogens is 316 g/mol. The molecule has 3 aromatic rings. The van der Waals surface area contributed by atoms with Crippen LogP contribution in [0.2, 0.25) is 0 Å². The van der Waals surface area contributed by atoms with Gasteiger partial charge in [0, 0.05) is 31.2 Å². The summed E-state index contributed by atoms with van der Waals surface area (Å²) in [6.45, 7) is 5.86. The van der Waals surface area contributed by atoms with Crippen molar-refractivity contribution >= 4 is 28.4 Å². The summed E-state index contributed by atoms with van der Waals surface area (Å²) in [4.78, 5) is 19.3. The maximum atomic E-state index is 12.9. The average Bonchev–Trinajstić information content (AvgIpc) is 2.95. The van der Waals surface area contributed by atoms with Gasteiger partial charge in [0.05, 0.1) is 16.6 Å². The summed E-state index contributed by atoms with van der Waals surface area (Å²) in [7, 11) is 3.95. The highest BCUT2D eigenvalue weighted by molar-refractivity contribution is 6.12. The Bertz CT molecular complexity index is 911.